The number of hydrogen-bond donors (Lipinski definition) is 3. The lowest BCUT2D eigenvalue weighted by atomic mass is 10.2. The van der Waals surface area contributed by atoms with Crippen molar-refractivity contribution >= 4 is 17.5 Å². The first-order valence-corrected chi connectivity index (χ1v) is 5.44. The normalized spacial score (nSPS) is 10.1. The number of hydrogen-bond acceptors (Lipinski definition) is 4. The highest BCUT2D eigenvalue weighted by Crippen LogP contribution is 2.16. The van der Waals surface area contributed by atoms with Gasteiger partial charge in [-0.2, -0.15) is 0 Å². The van der Waals surface area contributed by atoms with Crippen LogP contribution in [0.15, 0.2) is 42.6 Å². The number of pyridine rings is 1. The topological polar surface area (TPSA) is 88.2 Å². The van der Waals surface area contributed by atoms with Crippen LogP contribution in [0.2, 0.25) is 0 Å². The molecule has 0 unspecified atom stereocenters. The van der Waals surface area contributed by atoms with Gasteiger partial charge in [-0.05, 0) is 29.8 Å². The third kappa shape index (κ3) is 2.83. The number of nitrogens with two attached hydrogens (primary N) is 1. The molecule has 4 N–H and O–H groups in total. The van der Waals surface area contributed by atoms with Crippen molar-refractivity contribution in [2.24, 2.45) is 5.73 Å². The van der Waals surface area contributed by atoms with Gasteiger partial charge in [0.25, 0.3) is 0 Å². The van der Waals surface area contributed by atoms with E-state index < -0.39 is 5.97 Å². The number of nitrogens with zero attached hydrogens (tertiary/aromatic N) is 1. The molecule has 18 heavy (non-hydrogen) atoms. The van der Waals surface area contributed by atoms with Crippen LogP contribution in [-0.2, 0) is 6.54 Å². The van der Waals surface area contributed by atoms with Crippen LogP contribution < -0.4 is 11.1 Å². The molecule has 0 saturated heterocycles. The lowest BCUT2D eigenvalue weighted by molar-refractivity contribution is 0.0696. The van der Waals surface area contributed by atoms with Crippen molar-refractivity contribution < 1.29 is 9.90 Å². The van der Waals surface area contributed by atoms with Crippen molar-refractivity contribution in [1.82, 2.24) is 4.98 Å². The predicted molar refractivity (Wildman–Crippen MR) is 68.8 cm³/mol. The Balaban J connectivity index is 2.15. The largest absolute Gasteiger partial charge is 0.478 e. The van der Waals surface area contributed by atoms with E-state index in [4.69, 9.17) is 10.8 Å². The second-order valence-electron chi connectivity index (χ2n) is 3.77. The molecule has 1 heterocycles. The molecule has 0 radical (unpaired) electrons. The summed E-state index contributed by atoms with van der Waals surface area (Å²) < 4.78 is 0. The maximum Gasteiger partial charge on any atom is 0.337 e. The van der Waals surface area contributed by atoms with Gasteiger partial charge < -0.3 is 16.2 Å². The Kier molecular flexibility index (Phi) is 3.54. The van der Waals surface area contributed by atoms with Gasteiger partial charge >= 0.3 is 5.97 Å². The summed E-state index contributed by atoms with van der Waals surface area (Å²) >= 11 is 0. The van der Waals surface area contributed by atoms with E-state index >= 15 is 0 Å². The average Bonchev–Trinajstić information content (AvgIpc) is 2.39. The molecule has 0 fully saturated rings. The summed E-state index contributed by atoms with van der Waals surface area (Å²) in [5.74, 6) is -0.395. The van der Waals surface area contributed by atoms with Crippen LogP contribution in [0.25, 0.3) is 0 Å². The minimum Gasteiger partial charge on any atom is -0.478 e. The molecule has 0 atom stereocenters. The van der Waals surface area contributed by atoms with Crippen LogP contribution in [0.3, 0.4) is 0 Å². The Morgan fingerprint density at radius 1 is 1.33 bits per heavy atom. The van der Waals surface area contributed by atoms with Gasteiger partial charge in [0.1, 0.15) is 5.82 Å². The number of aromatic nitrogens is 1. The molecule has 0 bridgehead atoms. The summed E-state index contributed by atoms with van der Waals surface area (Å²) in [6, 6.07) is 10.8. The zero-order valence-corrected chi connectivity index (χ0v) is 9.63. The second kappa shape index (κ2) is 5.29. The van der Waals surface area contributed by atoms with Gasteiger partial charge in [-0.25, -0.2) is 9.78 Å². The fraction of sp³-hybridized carbons (Fsp3) is 0.0769. The molecule has 1 aromatic carbocycles. The number of rotatable bonds is 4. The van der Waals surface area contributed by atoms with Gasteiger partial charge in [0.05, 0.1) is 5.56 Å². The highest BCUT2D eigenvalue weighted by molar-refractivity contribution is 5.87. The van der Waals surface area contributed by atoms with Gasteiger partial charge in [-0.1, -0.05) is 12.1 Å². The van der Waals surface area contributed by atoms with E-state index in [0.29, 0.717) is 12.4 Å². The van der Waals surface area contributed by atoms with Crippen LogP contribution >= 0.6 is 0 Å². The summed E-state index contributed by atoms with van der Waals surface area (Å²) in [5, 5.41) is 11.8. The van der Waals surface area contributed by atoms with Crippen molar-refractivity contribution in [3.63, 3.8) is 0 Å². The van der Waals surface area contributed by atoms with Crippen molar-refractivity contribution in [2.45, 2.75) is 6.54 Å². The highest BCUT2D eigenvalue weighted by Gasteiger charge is 2.03. The fourth-order valence-electron chi connectivity index (χ4n) is 1.52. The van der Waals surface area contributed by atoms with Crippen molar-refractivity contribution in [1.29, 1.82) is 0 Å². The van der Waals surface area contributed by atoms with Crippen molar-refractivity contribution in [2.75, 3.05) is 5.32 Å². The number of carbonyl (C=O) groups is 1. The molecular weight excluding hydrogens is 230 g/mol. The Morgan fingerprint density at radius 3 is 2.78 bits per heavy atom. The molecule has 0 aliphatic heterocycles. The lowest BCUT2D eigenvalue weighted by Gasteiger charge is -2.07. The molecule has 5 nitrogen and oxygen atoms in total. The van der Waals surface area contributed by atoms with Gasteiger partial charge in [0.2, 0.25) is 0 Å². The molecule has 1 aromatic heterocycles. The Labute approximate surface area is 104 Å². The minimum atomic E-state index is -0.987. The molecule has 92 valence electrons. The molecule has 2 aromatic rings. The number of carboxylic acid groups (broad SMARTS) is 1. The number of nitrogens with one attached hydrogen (secondary N) is 1. The standard InChI is InChI=1S/C13H13N3O2/c14-7-9-2-1-3-11(6-9)16-12-5-4-10(8-15-12)13(17)18/h1-6,8H,7,14H2,(H,15,16)(H,17,18). The zero-order chi connectivity index (χ0) is 13.0. The first-order chi connectivity index (χ1) is 8.69. The summed E-state index contributed by atoms with van der Waals surface area (Å²) in [4.78, 5) is 14.7. The fourth-order valence-corrected chi connectivity index (χ4v) is 1.52. The van der Waals surface area contributed by atoms with Crippen LogP contribution in [-0.4, -0.2) is 16.1 Å². The number of anilines is 2. The third-order valence-electron chi connectivity index (χ3n) is 2.45. The summed E-state index contributed by atoms with van der Waals surface area (Å²) in [5.41, 5.74) is 7.60. The summed E-state index contributed by atoms with van der Waals surface area (Å²) in [7, 11) is 0. The van der Waals surface area contributed by atoms with Crippen LogP contribution in [0, 0.1) is 0 Å². The molecule has 5 heteroatoms. The molecule has 2 rings (SSSR count). The van der Waals surface area contributed by atoms with E-state index in [1.54, 1.807) is 6.07 Å². The van der Waals surface area contributed by atoms with E-state index in [1.165, 1.54) is 12.3 Å². The Bertz CT molecular complexity index is 552. The second-order valence-corrected chi connectivity index (χ2v) is 3.77. The molecule has 0 aliphatic carbocycles. The first kappa shape index (κ1) is 12.1. The van der Waals surface area contributed by atoms with Crippen molar-refractivity contribution in [3.05, 3.63) is 53.7 Å². The molecule has 0 amide bonds. The smallest absolute Gasteiger partial charge is 0.337 e. The predicted octanol–water partition coefficient (Wildman–Crippen LogP) is 1.98. The van der Waals surface area contributed by atoms with Gasteiger partial charge in [0.15, 0.2) is 0 Å². The first-order valence-electron chi connectivity index (χ1n) is 5.44. The molecule has 0 aliphatic rings. The zero-order valence-electron chi connectivity index (χ0n) is 9.63. The van der Waals surface area contributed by atoms with Crippen molar-refractivity contribution in [3.8, 4) is 0 Å². The summed E-state index contributed by atoms with van der Waals surface area (Å²) in [6.07, 6.45) is 1.32. The Morgan fingerprint density at radius 2 is 2.17 bits per heavy atom. The van der Waals surface area contributed by atoms with E-state index in [2.05, 4.69) is 10.3 Å². The molecule has 0 saturated carbocycles. The molecular formula is C13H13N3O2. The van der Waals surface area contributed by atoms with E-state index in [0.717, 1.165) is 11.3 Å². The maximum absolute atomic E-state index is 10.7. The van der Waals surface area contributed by atoms with Gasteiger partial charge in [0, 0.05) is 18.4 Å². The van der Waals surface area contributed by atoms with E-state index in [9.17, 15) is 4.79 Å². The van der Waals surface area contributed by atoms with E-state index in [1.807, 2.05) is 24.3 Å². The SMILES string of the molecule is NCc1cccc(Nc2ccc(C(=O)O)cn2)c1. The highest BCUT2D eigenvalue weighted by atomic mass is 16.4. The maximum atomic E-state index is 10.7. The molecule has 0 spiro atoms. The average molecular weight is 243 g/mol. The monoisotopic (exact) mass is 243 g/mol. The third-order valence-corrected chi connectivity index (χ3v) is 2.45. The number of aromatic carboxylic acids is 1. The Hall–Kier alpha value is -2.40. The van der Waals surface area contributed by atoms with E-state index in [-0.39, 0.29) is 5.56 Å². The van der Waals surface area contributed by atoms with Crippen LogP contribution in [0.1, 0.15) is 15.9 Å². The quantitative estimate of drug-likeness (QED) is 0.764. The van der Waals surface area contributed by atoms with Gasteiger partial charge in [-0.3, -0.25) is 0 Å². The minimum absolute atomic E-state index is 0.163. The van der Waals surface area contributed by atoms with Crippen LogP contribution in [0.5, 0.6) is 0 Å². The van der Waals surface area contributed by atoms with Gasteiger partial charge in [-0.15, -0.1) is 0 Å². The lowest BCUT2D eigenvalue weighted by Crippen LogP contribution is -2.00. The number of carboxylic acids is 1. The summed E-state index contributed by atoms with van der Waals surface area (Å²) in [6.45, 7) is 0.473. The number of benzene rings is 1. The van der Waals surface area contributed by atoms with Crippen LogP contribution in [0.4, 0.5) is 11.5 Å².